The van der Waals surface area contributed by atoms with Gasteiger partial charge in [-0.3, -0.25) is 14.9 Å². The van der Waals surface area contributed by atoms with Crippen molar-refractivity contribution in [3.8, 4) is 5.75 Å². The molecule has 2 aromatic carbocycles. The summed E-state index contributed by atoms with van der Waals surface area (Å²) in [5, 5.41) is 14.9. The molecular weight excluding hydrogens is 336 g/mol. The van der Waals surface area contributed by atoms with Crippen molar-refractivity contribution in [1.82, 2.24) is 5.32 Å². The maximum atomic E-state index is 12.5. The van der Waals surface area contributed by atoms with Crippen LogP contribution in [0, 0.1) is 10.1 Å². The number of hydrogen-bond donors (Lipinski definition) is 1. The topological polar surface area (TPSA) is 94.6 Å². The molecule has 1 atom stereocenters. The number of nitro benzene ring substituents is 1. The van der Waals surface area contributed by atoms with E-state index < -0.39 is 10.8 Å². The second-order valence-electron chi connectivity index (χ2n) is 5.75. The first-order chi connectivity index (χ1) is 12.5. The lowest BCUT2D eigenvalue weighted by Crippen LogP contribution is -2.26. The van der Waals surface area contributed by atoms with Crippen LogP contribution in [0.4, 0.5) is 5.69 Å². The Hall–Kier alpha value is -3.35. The van der Waals surface area contributed by atoms with Crippen molar-refractivity contribution in [2.75, 3.05) is 6.61 Å². The van der Waals surface area contributed by atoms with Crippen LogP contribution in [0.2, 0.25) is 0 Å². The van der Waals surface area contributed by atoms with Crippen LogP contribution in [0.1, 0.15) is 36.0 Å². The third-order valence-corrected chi connectivity index (χ3v) is 3.94. The van der Waals surface area contributed by atoms with E-state index >= 15 is 0 Å². The molecular formula is C19H18N2O5. The summed E-state index contributed by atoms with van der Waals surface area (Å²) in [6.45, 7) is 3.83. The second kappa shape index (κ2) is 7.26. The highest BCUT2D eigenvalue weighted by Gasteiger charge is 2.20. The van der Waals surface area contributed by atoms with E-state index in [-0.39, 0.29) is 23.0 Å². The average Bonchev–Trinajstić information content (AvgIpc) is 3.06. The van der Waals surface area contributed by atoms with Crippen LogP contribution in [-0.4, -0.2) is 17.4 Å². The van der Waals surface area contributed by atoms with Crippen molar-refractivity contribution in [1.29, 1.82) is 0 Å². The lowest BCUT2D eigenvalue weighted by atomic mass is 10.1. The van der Waals surface area contributed by atoms with E-state index in [0.29, 0.717) is 12.4 Å². The monoisotopic (exact) mass is 354 g/mol. The molecule has 3 aromatic rings. The van der Waals surface area contributed by atoms with Gasteiger partial charge in [-0.25, -0.2) is 0 Å². The highest BCUT2D eigenvalue weighted by atomic mass is 16.6. The van der Waals surface area contributed by atoms with E-state index in [1.807, 2.05) is 30.3 Å². The van der Waals surface area contributed by atoms with Gasteiger partial charge in [-0.2, -0.15) is 0 Å². The van der Waals surface area contributed by atoms with Crippen LogP contribution >= 0.6 is 0 Å². The SMILES string of the molecule is CCOc1ccc(C(=O)N[C@H](C)c2cc3ccccc3o2)cc1[N+](=O)[O-]. The number of para-hydroxylation sites is 1. The molecule has 1 aromatic heterocycles. The fraction of sp³-hybridized carbons (Fsp3) is 0.211. The number of ether oxygens (including phenoxy) is 1. The van der Waals surface area contributed by atoms with Crippen molar-refractivity contribution in [3.05, 3.63) is 70.0 Å². The van der Waals surface area contributed by atoms with Gasteiger partial charge in [0.05, 0.1) is 17.6 Å². The number of furan rings is 1. The van der Waals surface area contributed by atoms with Gasteiger partial charge in [0.15, 0.2) is 5.75 Å². The molecule has 7 heteroatoms. The highest BCUT2D eigenvalue weighted by molar-refractivity contribution is 5.95. The number of nitrogens with zero attached hydrogens (tertiary/aromatic N) is 1. The van der Waals surface area contributed by atoms with Crippen molar-refractivity contribution in [2.45, 2.75) is 19.9 Å². The van der Waals surface area contributed by atoms with Crippen LogP contribution in [0.5, 0.6) is 5.75 Å². The summed E-state index contributed by atoms with van der Waals surface area (Å²) in [6, 6.07) is 13.2. The normalized spacial score (nSPS) is 11.9. The van der Waals surface area contributed by atoms with Crippen LogP contribution in [0.25, 0.3) is 11.0 Å². The van der Waals surface area contributed by atoms with Gasteiger partial charge in [0, 0.05) is 17.0 Å². The molecule has 0 saturated carbocycles. The molecule has 0 unspecified atom stereocenters. The summed E-state index contributed by atoms with van der Waals surface area (Å²) in [6.07, 6.45) is 0. The average molecular weight is 354 g/mol. The van der Waals surface area contributed by atoms with Gasteiger partial charge in [-0.05, 0) is 38.1 Å². The first-order valence-electron chi connectivity index (χ1n) is 8.20. The number of carbonyl (C=O) groups excluding carboxylic acids is 1. The fourth-order valence-electron chi connectivity index (χ4n) is 2.65. The predicted octanol–water partition coefficient (Wildman–Crippen LogP) is 4.23. The molecule has 1 amide bonds. The number of fused-ring (bicyclic) bond motifs is 1. The first kappa shape index (κ1) is 17.5. The second-order valence-corrected chi connectivity index (χ2v) is 5.75. The molecule has 0 radical (unpaired) electrons. The Balaban J connectivity index is 1.80. The van der Waals surface area contributed by atoms with Crippen molar-refractivity contribution in [2.24, 2.45) is 0 Å². The Kier molecular flexibility index (Phi) is 4.88. The Bertz CT molecular complexity index is 930. The molecule has 0 aliphatic carbocycles. The maximum Gasteiger partial charge on any atom is 0.311 e. The molecule has 134 valence electrons. The van der Waals surface area contributed by atoms with Crippen molar-refractivity contribution >= 4 is 22.6 Å². The number of nitrogens with one attached hydrogen (secondary N) is 1. The van der Waals surface area contributed by atoms with E-state index in [1.54, 1.807) is 13.8 Å². The number of nitro groups is 1. The van der Waals surface area contributed by atoms with Gasteiger partial charge in [0.25, 0.3) is 5.91 Å². The fourth-order valence-corrected chi connectivity index (χ4v) is 2.65. The van der Waals surface area contributed by atoms with E-state index in [0.717, 1.165) is 11.0 Å². The summed E-state index contributed by atoms with van der Waals surface area (Å²) in [7, 11) is 0. The van der Waals surface area contributed by atoms with E-state index in [1.165, 1.54) is 18.2 Å². The van der Waals surface area contributed by atoms with E-state index in [9.17, 15) is 14.9 Å². The highest BCUT2D eigenvalue weighted by Crippen LogP contribution is 2.28. The summed E-state index contributed by atoms with van der Waals surface area (Å²) < 4.78 is 11.0. The lowest BCUT2D eigenvalue weighted by Gasteiger charge is -2.12. The summed E-state index contributed by atoms with van der Waals surface area (Å²) in [4.78, 5) is 23.1. The Morgan fingerprint density at radius 2 is 2.04 bits per heavy atom. The predicted molar refractivity (Wildman–Crippen MR) is 96.4 cm³/mol. The zero-order valence-corrected chi connectivity index (χ0v) is 14.4. The van der Waals surface area contributed by atoms with Gasteiger partial charge < -0.3 is 14.5 Å². The molecule has 1 N–H and O–H groups in total. The van der Waals surface area contributed by atoms with Crippen molar-refractivity contribution < 1.29 is 18.9 Å². The minimum absolute atomic E-state index is 0.138. The molecule has 0 bridgehead atoms. The van der Waals surface area contributed by atoms with Crippen LogP contribution < -0.4 is 10.1 Å². The standard InChI is InChI=1S/C19H18N2O5/c1-3-25-17-9-8-14(10-15(17)21(23)24)19(22)20-12(2)18-11-13-6-4-5-7-16(13)26-18/h4-12H,3H2,1-2H3,(H,20,22)/t12-/m1/s1. The molecule has 0 aliphatic heterocycles. The van der Waals surface area contributed by atoms with Gasteiger partial charge in [-0.1, -0.05) is 18.2 Å². The Morgan fingerprint density at radius 3 is 2.73 bits per heavy atom. The van der Waals surface area contributed by atoms with Gasteiger partial charge in [0.1, 0.15) is 11.3 Å². The zero-order chi connectivity index (χ0) is 18.7. The summed E-state index contributed by atoms with van der Waals surface area (Å²) in [5.41, 5.74) is 0.680. The third kappa shape index (κ3) is 3.51. The molecule has 1 heterocycles. The number of carbonyl (C=O) groups is 1. The van der Waals surface area contributed by atoms with E-state index in [2.05, 4.69) is 5.32 Å². The molecule has 3 rings (SSSR count). The van der Waals surface area contributed by atoms with Crippen molar-refractivity contribution in [3.63, 3.8) is 0 Å². The minimum atomic E-state index is -0.565. The lowest BCUT2D eigenvalue weighted by molar-refractivity contribution is -0.385. The number of rotatable bonds is 6. The molecule has 26 heavy (non-hydrogen) atoms. The van der Waals surface area contributed by atoms with Gasteiger partial charge >= 0.3 is 5.69 Å². The molecule has 0 saturated heterocycles. The smallest absolute Gasteiger partial charge is 0.311 e. The Morgan fingerprint density at radius 1 is 1.27 bits per heavy atom. The van der Waals surface area contributed by atoms with E-state index in [4.69, 9.17) is 9.15 Å². The summed E-state index contributed by atoms with van der Waals surface area (Å²) >= 11 is 0. The van der Waals surface area contributed by atoms with Crippen LogP contribution in [0.15, 0.2) is 52.9 Å². The van der Waals surface area contributed by atoms with Crippen LogP contribution in [0.3, 0.4) is 0 Å². The molecule has 0 spiro atoms. The first-order valence-corrected chi connectivity index (χ1v) is 8.20. The quantitative estimate of drug-likeness (QED) is 0.528. The van der Waals surface area contributed by atoms with Gasteiger partial charge in [-0.15, -0.1) is 0 Å². The zero-order valence-electron chi connectivity index (χ0n) is 14.4. The largest absolute Gasteiger partial charge is 0.487 e. The van der Waals surface area contributed by atoms with Gasteiger partial charge in [0.2, 0.25) is 0 Å². The minimum Gasteiger partial charge on any atom is -0.487 e. The molecule has 0 fully saturated rings. The third-order valence-electron chi connectivity index (χ3n) is 3.94. The van der Waals surface area contributed by atoms with Crippen LogP contribution in [-0.2, 0) is 0 Å². The molecule has 7 nitrogen and oxygen atoms in total. The Labute approximate surface area is 149 Å². The number of benzene rings is 2. The number of hydrogen-bond acceptors (Lipinski definition) is 5. The molecule has 0 aliphatic rings. The summed E-state index contributed by atoms with van der Waals surface area (Å²) in [5.74, 6) is 0.323. The number of amides is 1. The maximum absolute atomic E-state index is 12.5.